The second-order valence-electron chi connectivity index (χ2n) is 3.91. The summed E-state index contributed by atoms with van der Waals surface area (Å²) < 4.78 is 31.6. The lowest BCUT2D eigenvalue weighted by atomic mass is 10.4. The van der Waals surface area contributed by atoms with Gasteiger partial charge in [0.2, 0.25) is 11.8 Å². The molecule has 2 rings (SSSR count). The summed E-state index contributed by atoms with van der Waals surface area (Å²) in [6, 6.07) is 1.58. The molecule has 0 aliphatic carbocycles. The Balaban J connectivity index is 2.36. The van der Waals surface area contributed by atoms with Crippen molar-refractivity contribution in [2.75, 3.05) is 11.8 Å². The van der Waals surface area contributed by atoms with Crippen molar-refractivity contribution in [1.29, 1.82) is 0 Å². The molecule has 0 spiro atoms. The van der Waals surface area contributed by atoms with Gasteiger partial charge in [0.15, 0.2) is 5.03 Å². The van der Waals surface area contributed by atoms with Crippen molar-refractivity contribution in [3.63, 3.8) is 0 Å². The molecule has 0 aliphatic rings. The first-order chi connectivity index (χ1) is 9.46. The van der Waals surface area contributed by atoms with E-state index in [-0.39, 0.29) is 23.4 Å². The molecule has 2 heterocycles. The maximum Gasteiger partial charge on any atom is 0.281 e. The number of rotatable bonds is 5. The van der Waals surface area contributed by atoms with E-state index in [2.05, 4.69) is 24.9 Å². The van der Waals surface area contributed by atoms with Crippen LogP contribution >= 0.6 is 0 Å². The number of H-pyrrole nitrogens is 1. The van der Waals surface area contributed by atoms with Crippen molar-refractivity contribution < 1.29 is 13.2 Å². The van der Waals surface area contributed by atoms with Crippen molar-refractivity contribution in [2.24, 2.45) is 5.73 Å². The number of hydrogen-bond acceptors (Lipinski definition) is 7. The first-order valence-corrected chi connectivity index (χ1v) is 7.09. The number of aromatic nitrogens is 4. The summed E-state index contributed by atoms with van der Waals surface area (Å²) in [5.41, 5.74) is 6.39. The van der Waals surface area contributed by atoms with E-state index in [9.17, 15) is 8.42 Å². The molecule has 108 valence electrons. The van der Waals surface area contributed by atoms with Crippen LogP contribution in [0.2, 0.25) is 0 Å². The third kappa shape index (κ3) is 2.86. The first kappa shape index (κ1) is 14.2. The van der Waals surface area contributed by atoms with Crippen molar-refractivity contribution in [3.8, 4) is 5.88 Å². The molecule has 9 nitrogen and oxygen atoms in total. The van der Waals surface area contributed by atoms with Crippen LogP contribution < -0.4 is 15.2 Å². The Kier molecular flexibility index (Phi) is 3.86. The van der Waals surface area contributed by atoms with Gasteiger partial charge in [-0.3, -0.25) is 5.10 Å². The number of sulfonamides is 1. The van der Waals surface area contributed by atoms with Gasteiger partial charge in [-0.15, -0.1) is 0 Å². The fourth-order valence-electron chi connectivity index (χ4n) is 1.54. The molecule has 0 amide bonds. The molecular formula is C10H14N6O3S. The smallest absolute Gasteiger partial charge is 0.281 e. The number of anilines is 1. The van der Waals surface area contributed by atoms with E-state index in [4.69, 9.17) is 10.5 Å². The maximum atomic E-state index is 12.2. The fraction of sp³-hybridized carbons (Fsp3) is 0.300. The van der Waals surface area contributed by atoms with Gasteiger partial charge in [-0.1, -0.05) is 0 Å². The van der Waals surface area contributed by atoms with Crippen LogP contribution in [0.4, 0.5) is 5.95 Å². The molecular weight excluding hydrogens is 284 g/mol. The maximum absolute atomic E-state index is 12.2. The van der Waals surface area contributed by atoms with Gasteiger partial charge in [0.1, 0.15) is 0 Å². The van der Waals surface area contributed by atoms with Crippen LogP contribution in [0.15, 0.2) is 17.3 Å². The molecule has 2 aromatic rings. The second-order valence-corrected chi connectivity index (χ2v) is 5.53. The van der Waals surface area contributed by atoms with Gasteiger partial charge in [0.05, 0.1) is 13.3 Å². The number of aryl methyl sites for hydroxylation is 1. The minimum atomic E-state index is -3.88. The van der Waals surface area contributed by atoms with Crippen LogP contribution in [0.5, 0.6) is 5.88 Å². The van der Waals surface area contributed by atoms with Crippen LogP contribution in [0.25, 0.3) is 0 Å². The highest BCUT2D eigenvalue weighted by molar-refractivity contribution is 7.92. The van der Waals surface area contributed by atoms with E-state index < -0.39 is 10.0 Å². The lowest BCUT2D eigenvalue weighted by Crippen LogP contribution is -2.18. The zero-order valence-corrected chi connectivity index (χ0v) is 11.7. The molecule has 0 bridgehead atoms. The van der Waals surface area contributed by atoms with E-state index in [0.717, 1.165) is 0 Å². The Morgan fingerprint density at radius 3 is 2.85 bits per heavy atom. The van der Waals surface area contributed by atoms with Crippen LogP contribution in [-0.2, 0) is 16.6 Å². The predicted octanol–water partition coefficient (Wildman–Crippen LogP) is -0.224. The summed E-state index contributed by atoms with van der Waals surface area (Å²) in [6.07, 6.45) is 1.35. The quantitative estimate of drug-likeness (QED) is 0.694. The summed E-state index contributed by atoms with van der Waals surface area (Å²) in [5.74, 6) is 0.179. The molecule has 0 saturated heterocycles. The number of nitrogens with zero attached hydrogens (tertiary/aromatic N) is 3. The minimum Gasteiger partial charge on any atom is -0.481 e. The van der Waals surface area contributed by atoms with Gasteiger partial charge >= 0.3 is 0 Å². The molecule has 0 atom stereocenters. The number of nitrogens with one attached hydrogen (secondary N) is 2. The summed E-state index contributed by atoms with van der Waals surface area (Å²) >= 11 is 0. The third-order valence-corrected chi connectivity index (χ3v) is 3.77. The van der Waals surface area contributed by atoms with Crippen LogP contribution in [0.1, 0.15) is 11.3 Å². The first-order valence-electron chi connectivity index (χ1n) is 5.61. The Labute approximate surface area is 115 Å². The van der Waals surface area contributed by atoms with E-state index in [1.807, 2.05) is 0 Å². The summed E-state index contributed by atoms with van der Waals surface area (Å²) in [5, 5.41) is 5.95. The average Bonchev–Trinajstić information content (AvgIpc) is 2.86. The molecule has 0 fully saturated rings. The number of hydrogen-bond donors (Lipinski definition) is 3. The molecule has 10 heteroatoms. The van der Waals surface area contributed by atoms with E-state index in [0.29, 0.717) is 11.3 Å². The van der Waals surface area contributed by atoms with E-state index in [1.165, 1.54) is 13.3 Å². The molecule has 0 radical (unpaired) electrons. The Bertz CT molecular complexity index is 712. The zero-order chi connectivity index (χ0) is 14.8. The second kappa shape index (κ2) is 5.43. The van der Waals surface area contributed by atoms with Crippen LogP contribution in [-0.4, -0.2) is 35.7 Å². The zero-order valence-electron chi connectivity index (χ0n) is 10.9. The summed E-state index contributed by atoms with van der Waals surface area (Å²) in [4.78, 5) is 7.90. The SMILES string of the molecule is COc1cc(C)nc(NS(=O)(=O)c2[nH]ncc2CN)n1. The Morgan fingerprint density at radius 2 is 2.20 bits per heavy atom. The molecule has 0 saturated carbocycles. The van der Waals surface area contributed by atoms with Crippen molar-refractivity contribution in [1.82, 2.24) is 20.2 Å². The average molecular weight is 298 g/mol. The van der Waals surface area contributed by atoms with Gasteiger partial charge in [-0.25, -0.2) is 9.71 Å². The largest absolute Gasteiger partial charge is 0.481 e. The third-order valence-electron chi connectivity index (χ3n) is 2.43. The van der Waals surface area contributed by atoms with Gasteiger partial charge in [-0.2, -0.15) is 18.5 Å². The molecule has 4 N–H and O–H groups in total. The molecule has 0 unspecified atom stereocenters. The summed E-state index contributed by atoms with van der Waals surface area (Å²) in [7, 11) is -2.45. The standard InChI is InChI=1S/C10H14N6O3S/c1-6-3-8(19-2)14-10(13-6)16-20(17,18)9-7(4-11)5-12-15-9/h3,5H,4,11H2,1-2H3,(H,12,15)(H,13,14,16). The number of nitrogens with two attached hydrogens (primary N) is 1. The Morgan fingerprint density at radius 1 is 1.45 bits per heavy atom. The molecule has 0 aromatic carbocycles. The number of ether oxygens (including phenoxy) is 1. The Hall–Kier alpha value is -2.20. The van der Waals surface area contributed by atoms with Crippen LogP contribution in [0, 0.1) is 6.92 Å². The minimum absolute atomic E-state index is 0.0464. The van der Waals surface area contributed by atoms with Crippen molar-refractivity contribution in [2.45, 2.75) is 18.5 Å². The van der Waals surface area contributed by atoms with Crippen molar-refractivity contribution in [3.05, 3.63) is 23.5 Å². The number of methoxy groups -OCH3 is 1. The number of aromatic amines is 1. The monoisotopic (exact) mass is 298 g/mol. The topological polar surface area (TPSA) is 136 Å². The fourth-order valence-corrected chi connectivity index (χ4v) is 2.63. The van der Waals surface area contributed by atoms with Crippen LogP contribution in [0.3, 0.4) is 0 Å². The van der Waals surface area contributed by atoms with Gasteiger partial charge in [0.25, 0.3) is 10.0 Å². The highest BCUT2D eigenvalue weighted by atomic mass is 32.2. The highest BCUT2D eigenvalue weighted by Gasteiger charge is 2.21. The highest BCUT2D eigenvalue weighted by Crippen LogP contribution is 2.17. The normalized spacial score (nSPS) is 11.3. The van der Waals surface area contributed by atoms with E-state index >= 15 is 0 Å². The molecule has 20 heavy (non-hydrogen) atoms. The molecule has 0 aliphatic heterocycles. The molecule has 2 aromatic heterocycles. The lowest BCUT2D eigenvalue weighted by molar-refractivity contribution is 0.397. The predicted molar refractivity (Wildman–Crippen MR) is 70.6 cm³/mol. The van der Waals surface area contributed by atoms with Crippen molar-refractivity contribution >= 4 is 16.0 Å². The van der Waals surface area contributed by atoms with Gasteiger partial charge in [-0.05, 0) is 6.92 Å². The van der Waals surface area contributed by atoms with Gasteiger partial charge < -0.3 is 10.5 Å². The lowest BCUT2D eigenvalue weighted by Gasteiger charge is -2.08. The van der Waals surface area contributed by atoms with E-state index in [1.54, 1.807) is 13.0 Å². The summed E-state index contributed by atoms with van der Waals surface area (Å²) in [6.45, 7) is 1.74. The van der Waals surface area contributed by atoms with Gasteiger partial charge in [0, 0.05) is 23.9 Å².